The fraction of sp³-hybridized carbons (Fsp3) is 0.250. The zero-order valence-corrected chi connectivity index (χ0v) is 16.7. The molecule has 1 heterocycles. The third kappa shape index (κ3) is 4.58. The van der Waals surface area contributed by atoms with Gasteiger partial charge in [0.25, 0.3) is 5.91 Å². The van der Waals surface area contributed by atoms with E-state index in [1.165, 1.54) is 18.3 Å². The Bertz CT molecular complexity index is 1020. The van der Waals surface area contributed by atoms with Crippen molar-refractivity contribution in [3.8, 4) is 11.5 Å². The number of hydrogen-bond donors (Lipinski definition) is 2. The molecular formula is C20H21N3O4S. The second kappa shape index (κ2) is 8.71. The minimum absolute atomic E-state index is 0.156. The molecule has 3 aromatic rings. The van der Waals surface area contributed by atoms with Crippen LogP contribution in [0.3, 0.4) is 0 Å². The van der Waals surface area contributed by atoms with E-state index >= 15 is 0 Å². The van der Waals surface area contributed by atoms with Gasteiger partial charge in [0.05, 0.1) is 24.4 Å². The number of carbonyl (C=O) groups is 2. The number of rotatable bonds is 7. The Balaban J connectivity index is 1.62. The van der Waals surface area contributed by atoms with Crippen LogP contribution in [0, 0.1) is 0 Å². The maximum Gasteiger partial charge on any atom is 0.251 e. The number of carbonyl (C=O) groups excluding carboxylic acids is 2. The molecular weight excluding hydrogens is 378 g/mol. The maximum absolute atomic E-state index is 12.4. The predicted octanol–water partition coefficient (Wildman–Crippen LogP) is 3.24. The van der Waals surface area contributed by atoms with E-state index in [9.17, 15) is 9.59 Å². The van der Waals surface area contributed by atoms with E-state index in [2.05, 4.69) is 15.6 Å². The van der Waals surface area contributed by atoms with Crippen molar-refractivity contribution < 1.29 is 19.1 Å². The van der Waals surface area contributed by atoms with Gasteiger partial charge in [0.2, 0.25) is 5.91 Å². The number of fused-ring (bicyclic) bond motifs is 1. The van der Waals surface area contributed by atoms with Crippen molar-refractivity contribution in [1.29, 1.82) is 0 Å². The summed E-state index contributed by atoms with van der Waals surface area (Å²) in [6.07, 6.45) is 0.668. The van der Waals surface area contributed by atoms with Gasteiger partial charge in [-0.1, -0.05) is 17.4 Å². The van der Waals surface area contributed by atoms with Gasteiger partial charge in [0, 0.05) is 19.0 Å². The average Bonchev–Trinajstić information content (AvgIpc) is 3.08. The molecule has 0 aliphatic heterocycles. The molecule has 2 N–H and O–H groups in total. The van der Waals surface area contributed by atoms with Crippen molar-refractivity contribution in [3.63, 3.8) is 0 Å². The van der Waals surface area contributed by atoms with Gasteiger partial charge < -0.3 is 20.1 Å². The summed E-state index contributed by atoms with van der Waals surface area (Å²) in [4.78, 5) is 27.9. The lowest BCUT2D eigenvalue weighted by Gasteiger charge is -2.10. The zero-order chi connectivity index (χ0) is 20.1. The first-order chi connectivity index (χ1) is 13.5. The molecule has 0 aliphatic carbocycles. The summed E-state index contributed by atoms with van der Waals surface area (Å²) in [6.45, 7) is 1.93. The number of aromatic nitrogens is 1. The number of methoxy groups -OCH3 is 2. The number of anilines is 1. The lowest BCUT2D eigenvalue weighted by atomic mass is 10.1. The Morgan fingerprint density at radius 2 is 1.86 bits per heavy atom. The smallest absolute Gasteiger partial charge is 0.251 e. The van der Waals surface area contributed by atoms with Crippen LogP contribution in [0.1, 0.15) is 22.8 Å². The number of benzene rings is 2. The van der Waals surface area contributed by atoms with Crippen LogP contribution in [-0.2, 0) is 11.2 Å². The van der Waals surface area contributed by atoms with Gasteiger partial charge >= 0.3 is 0 Å². The van der Waals surface area contributed by atoms with Crippen LogP contribution in [0.5, 0.6) is 11.5 Å². The Labute approximate surface area is 166 Å². The molecule has 0 spiro atoms. The monoisotopic (exact) mass is 399 g/mol. The van der Waals surface area contributed by atoms with E-state index < -0.39 is 0 Å². The number of nitrogens with zero attached hydrogens (tertiary/aromatic N) is 1. The SMILES string of the molecule is COc1ccc(CCNC(=O)c2ccc3nc(NC(C)=O)sc3c2)cc1OC. The normalized spacial score (nSPS) is 10.5. The fourth-order valence-electron chi connectivity index (χ4n) is 2.73. The van der Waals surface area contributed by atoms with Gasteiger partial charge in [0.1, 0.15) is 0 Å². The Hall–Kier alpha value is -3.13. The highest BCUT2D eigenvalue weighted by molar-refractivity contribution is 7.22. The van der Waals surface area contributed by atoms with Crippen LogP contribution >= 0.6 is 11.3 Å². The Morgan fingerprint density at radius 3 is 2.57 bits per heavy atom. The topological polar surface area (TPSA) is 89.5 Å². The molecule has 0 saturated heterocycles. The van der Waals surface area contributed by atoms with Gasteiger partial charge in [-0.2, -0.15) is 0 Å². The van der Waals surface area contributed by atoms with Gasteiger partial charge in [-0.15, -0.1) is 0 Å². The molecule has 7 nitrogen and oxygen atoms in total. The largest absolute Gasteiger partial charge is 0.493 e. The molecule has 146 valence electrons. The molecule has 0 fully saturated rings. The van der Waals surface area contributed by atoms with E-state index in [1.54, 1.807) is 32.4 Å². The molecule has 2 aromatic carbocycles. The third-order valence-corrected chi connectivity index (χ3v) is 5.01. The molecule has 1 aromatic heterocycles. The highest BCUT2D eigenvalue weighted by atomic mass is 32.1. The van der Waals surface area contributed by atoms with Crippen LogP contribution in [0.15, 0.2) is 36.4 Å². The molecule has 2 amide bonds. The first-order valence-electron chi connectivity index (χ1n) is 8.67. The summed E-state index contributed by atoms with van der Waals surface area (Å²) in [6, 6.07) is 11.0. The Morgan fingerprint density at radius 1 is 1.07 bits per heavy atom. The standard InChI is InChI=1S/C20H21N3O4S/c1-12(24)22-20-23-15-6-5-14(11-18(15)28-20)19(25)21-9-8-13-4-7-16(26-2)17(10-13)27-3/h4-7,10-11H,8-9H2,1-3H3,(H,21,25)(H,22,23,24). The molecule has 8 heteroatoms. The highest BCUT2D eigenvalue weighted by Gasteiger charge is 2.10. The number of ether oxygens (including phenoxy) is 2. The summed E-state index contributed by atoms with van der Waals surface area (Å²) in [5, 5.41) is 6.10. The molecule has 0 saturated carbocycles. The minimum atomic E-state index is -0.174. The maximum atomic E-state index is 12.4. The molecule has 0 unspecified atom stereocenters. The number of amides is 2. The van der Waals surface area contributed by atoms with Crippen LogP contribution in [0.25, 0.3) is 10.2 Å². The average molecular weight is 399 g/mol. The van der Waals surface area contributed by atoms with Gasteiger partial charge in [0.15, 0.2) is 16.6 Å². The van der Waals surface area contributed by atoms with Crippen molar-refractivity contribution in [2.75, 3.05) is 26.1 Å². The number of hydrogen-bond acceptors (Lipinski definition) is 6. The predicted molar refractivity (Wildman–Crippen MR) is 110 cm³/mol. The summed E-state index contributed by atoms with van der Waals surface area (Å²) >= 11 is 1.34. The first kappa shape index (κ1) is 19.6. The van der Waals surface area contributed by atoms with Gasteiger partial charge in [-0.05, 0) is 42.3 Å². The van der Waals surface area contributed by atoms with E-state index in [0.717, 1.165) is 15.8 Å². The van der Waals surface area contributed by atoms with Crippen molar-refractivity contribution >= 4 is 38.5 Å². The van der Waals surface area contributed by atoms with Gasteiger partial charge in [-0.25, -0.2) is 4.98 Å². The molecule has 0 atom stereocenters. The summed E-state index contributed by atoms with van der Waals surface area (Å²) in [5.74, 6) is 1.01. The van der Waals surface area contributed by atoms with E-state index in [0.29, 0.717) is 35.2 Å². The van der Waals surface area contributed by atoms with Crippen molar-refractivity contribution in [2.45, 2.75) is 13.3 Å². The summed E-state index contributed by atoms with van der Waals surface area (Å²) in [5.41, 5.74) is 2.34. The number of nitrogens with one attached hydrogen (secondary N) is 2. The van der Waals surface area contributed by atoms with Gasteiger partial charge in [-0.3, -0.25) is 9.59 Å². The van der Waals surface area contributed by atoms with Crippen molar-refractivity contribution in [2.24, 2.45) is 0 Å². The second-order valence-electron chi connectivity index (χ2n) is 6.08. The summed E-state index contributed by atoms with van der Waals surface area (Å²) in [7, 11) is 3.19. The van der Waals surface area contributed by atoms with Crippen LogP contribution in [-0.4, -0.2) is 37.6 Å². The molecule has 3 rings (SSSR count). The quantitative estimate of drug-likeness (QED) is 0.637. The molecule has 0 bridgehead atoms. The lowest BCUT2D eigenvalue weighted by molar-refractivity contribution is -0.114. The number of thiazole rings is 1. The van der Waals surface area contributed by atoms with E-state index in [-0.39, 0.29) is 11.8 Å². The van der Waals surface area contributed by atoms with E-state index in [4.69, 9.17) is 9.47 Å². The van der Waals surface area contributed by atoms with E-state index in [1.807, 2.05) is 18.2 Å². The first-order valence-corrected chi connectivity index (χ1v) is 9.49. The summed E-state index contributed by atoms with van der Waals surface area (Å²) < 4.78 is 11.4. The third-order valence-electron chi connectivity index (χ3n) is 4.08. The minimum Gasteiger partial charge on any atom is -0.493 e. The molecule has 28 heavy (non-hydrogen) atoms. The fourth-order valence-corrected chi connectivity index (χ4v) is 3.68. The van der Waals surface area contributed by atoms with Crippen molar-refractivity contribution in [1.82, 2.24) is 10.3 Å². The highest BCUT2D eigenvalue weighted by Crippen LogP contribution is 2.28. The Kier molecular flexibility index (Phi) is 6.10. The molecule has 0 aliphatic rings. The molecule has 0 radical (unpaired) electrons. The lowest BCUT2D eigenvalue weighted by Crippen LogP contribution is -2.25. The van der Waals surface area contributed by atoms with Crippen LogP contribution < -0.4 is 20.1 Å². The van der Waals surface area contributed by atoms with Crippen LogP contribution in [0.4, 0.5) is 5.13 Å². The van der Waals surface area contributed by atoms with Crippen molar-refractivity contribution in [3.05, 3.63) is 47.5 Å². The zero-order valence-electron chi connectivity index (χ0n) is 15.9. The second-order valence-corrected chi connectivity index (χ2v) is 7.11. The van der Waals surface area contributed by atoms with Crippen LogP contribution in [0.2, 0.25) is 0 Å².